The zero-order valence-electron chi connectivity index (χ0n) is 11.1. The van der Waals surface area contributed by atoms with Crippen LogP contribution in [0.25, 0.3) is 0 Å². The van der Waals surface area contributed by atoms with Crippen LogP contribution in [0.4, 0.5) is 13.2 Å². The van der Waals surface area contributed by atoms with Gasteiger partial charge in [-0.25, -0.2) is 5.43 Å². The zero-order valence-corrected chi connectivity index (χ0v) is 11.9. The largest absolute Gasteiger partial charge is 0.508 e. The number of benzene rings is 1. The summed E-state index contributed by atoms with van der Waals surface area (Å²) in [5, 5.41) is 14.1. The molecular formula is C14H11F3N2O2S. The molecule has 0 saturated heterocycles. The summed E-state index contributed by atoms with van der Waals surface area (Å²) in [4.78, 5) is 12.2. The molecule has 1 amide bonds. The number of thiophene rings is 1. The lowest BCUT2D eigenvalue weighted by Gasteiger charge is -2.10. The number of hydrazone groups is 1. The number of nitrogens with one attached hydrogen (secondary N) is 1. The van der Waals surface area contributed by atoms with Gasteiger partial charge in [-0.3, -0.25) is 4.79 Å². The predicted octanol–water partition coefficient (Wildman–Crippen LogP) is 3.34. The molecule has 0 atom stereocenters. The molecular weight excluding hydrogens is 317 g/mol. The highest BCUT2D eigenvalue weighted by Gasteiger charge is 2.36. The minimum absolute atomic E-state index is 0.0152. The van der Waals surface area contributed by atoms with Crippen molar-refractivity contribution in [1.82, 2.24) is 5.43 Å². The molecule has 2 aromatic rings. The highest BCUT2D eigenvalue weighted by atomic mass is 32.1. The maximum Gasteiger partial charge on any atom is 0.431 e. The number of hydrogen-bond donors (Lipinski definition) is 2. The molecule has 0 spiro atoms. The van der Waals surface area contributed by atoms with Crippen molar-refractivity contribution >= 4 is 23.0 Å². The van der Waals surface area contributed by atoms with Crippen LogP contribution < -0.4 is 5.43 Å². The van der Waals surface area contributed by atoms with E-state index < -0.39 is 24.2 Å². The van der Waals surface area contributed by atoms with Gasteiger partial charge in [0.15, 0.2) is 0 Å². The van der Waals surface area contributed by atoms with Gasteiger partial charge in [-0.15, -0.1) is 11.3 Å². The van der Waals surface area contributed by atoms with E-state index in [1.54, 1.807) is 17.5 Å². The van der Waals surface area contributed by atoms with Gasteiger partial charge in [-0.2, -0.15) is 18.3 Å². The molecule has 0 aliphatic heterocycles. The fraction of sp³-hybridized carbons (Fsp3) is 0.143. The average molecular weight is 328 g/mol. The topological polar surface area (TPSA) is 61.7 Å². The van der Waals surface area contributed by atoms with Crippen LogP contribution >= 0.6 is 11.3 Å². The Morgan fingerprint density at radius 3 is 2.64 bits per heavy atom. The molecule has 1 aromatic heterocycles. The lowest BCUT2D eigenvalue weighted by Crippen LogP contribution is -2.29. The molecule has 0 aliphatic carbocycles. The fourth-order valence-electron chi connectivity index (χ4n) is 1.61. The number of carbonyl (C=O) groups excluding carboxylic acids is 1. The third-order valence-corrected chi connectivity index (χ3v) is 3.53. The molecule has 2 rings (SSSR count). The van der Waals surface area contributed by atoms with Crippen LogP contribution in [0.15, 0.2) is 46.9 Å². The minimum Gasteiger partial charge on any atom is -0.508 e. The van der Waals surface area contributed by atoms with Gasteiger partial charge in [-0.1, -0.05) is 12.1 Å². The Morgan fingerprint density at radius 1 is 1.27 bits per heavy atom. The molecule has 4 nitrogen and oxygen atoms in total. The first-order chi connectivity index (χ1) is 10.4. The SMILES string of the molecule is O=C(N/N=C(\Cc1cccs1)C(F)(F)F)c1cccc(O)c1. The number of nitrogens with zero attached hydrogens (tertiary/aromatic N) is 1. The Bertz CT molecular complexity index is 682. The summed E-state index contributed by atoms with van der Waals surface area (Å²) in [5.74, 6) is -0.991. The standard InChI is InChI=1S/C14H11F3N2O2S/c15-14(16,17)12(8-11-5-2-6-22-11)18-19-13(21)9-3-1-4-10(20)7-9/h1-7,20H,8H2,(H,19,21)/b18-12+. The fourth-order valence-corrected chi connectivity index (χ4v) is 2.32. The second-order valence-corrected chi connectivity index (χ2v) is 5.34. The number of aromatic hydroxyl groups is 1. The number of amides is 1. The molecule has 1 heterocycles. The van der Waals surface area contributed by atoms with Crippen molar-refractivity contribution in [2.75, 3.05) is 0 Å². The maximum atomic E-state index is 12.9. The predicted molar refractivity (Wildman–Crippen MR) is 77.1 cm³/mol. The number of halogens is 3. The first kappa shape index (κ1) is 16.0. The Balaban J connectivity index is 2.14. The lowest BCUT2D eigenvalue weighted by atomic mass is 10.2. The minimum atomic E-state index is -4.64. The summed E-state index contributed by atoms with van der Waals surface area (Å²) in [6.45, 7) is 0. The third kappa shape index (κ3) is 4.32. The van der Waals surface area contributed by atoms with Crippen LogP contribution in [0, 0.1) is 0 Å². The van der Waals surface area contributed by atoms with Gasteiger partial charge >= 0.3 is 6.18 Å². The van der Waals surface area contributed by atoms with Gasteiger partial charge in [0.25, 0.3) is 5.91 Å². The number of alkyl halides is 3. The van der Waals surface area contributed by atoms with E-state index in [1.165, 1.54) is 29.5 Å². The number of phenols is 1. The molecule has 0 saturated carbocycles. The summed E-state index contributed by atoms with van der Waals surface area (Å²) in [7, 11) is 0. The highest BCUT2D eigenvalue weighted by molar-refractivity contribution is 7.10. The molecule has 2 N–H and O–H groups in total. The average Bonchev–Trinajstić information content (AvgIpc) is 2.94. The van der Waals surface area contributed by atoms with Crippen LogP contribution in [0.5, 0.6) is 5.75 Å². The first-order valence-electron chi connectivity index (χ1n) is 6.12. The monoisotopic (exact) mass is 328 g/mol. The maximum absolute atomic E-state index is 12.9. The number of phenolic OH excluding ortho intramolecular Hbond substituents is 1. The summed E-state index contributed by atoms with van der Waals surface area (Å²) < 4.78 is 38.7. The van der Waals surface area contributed by atoms with Crippen molar-refractivity contribution in [2.24, 2.45) is 5.10 Å². The Labute approximate surface area is 127 Å². The summed E-state index contributed by atoms with van der Waals surface area (Å²) in [5.41, 5.74) is 0.789. The molecule has 0 radical (unpaired) electrons. The van der Waals surface area contributed by atoms with Crippen LogP contribution in [-0.4, -0.2) is 22.9 Å². The van der Waals surface area contributed by atoms with E-state index in [0.717, 1.165) is 6.07 Å². The smallest absolute Gasteiger partial charge is 0.431 e. The normalized spacial score (nSPS) is 12.2. The van der Waals surface area contributed by atoms with Crippen molar-refractivity contribution in [2.45, 2.75) is 12.6 Å². The number of hydrogen-bond acceptors (Lipinski definition) is 4. The highest BCUT2D eigenvalue weighted by Crippen LogP contribution is 2.22. The van der Waals surface area contributed by atoms with Crippen LogP contribution in [0.1, 0.15) is 15.2 Å². The van der Waals surface area contributed by atoms with E-state index >= 15 is 0 Å². The summed E-state index contributed by atoms with van der Waals surface area (Å²) >= 11 is 1.17. The first-order valence-corrected chi connectivity index (χ1v) is 7.00. The van der Waals surface area contributed by atoms with Gasteiger partial charge in [-0.05, 0) is 29.6 Å². The molecule has 0 bridgehead atoms. The van der Waals surface area contributed by atoms with Gasteiger partial charge in [0.05, 0.1) is 0 Å². The quantitative estimate of drug-likeness (QED) is 0.668. The Morgan fingerprint density at radius 2 is 2.05 bits per heavy atom. The lowest BCUT2D eigenvalue weighted by molar-refractivity contribution is -0.0604. The molecule has 22 heavy (non-hydrogen) atoms. The zero-order chi connectivity index (χ0) is 16.2. The molecule has 8 heteroatoms. The van der Waals surface area contributed by atoms with Crippen molar-refractivity contribution in [3.05, 3.63) is 52.2 Å². The van der Waals surface area contributed by atoms with Crippen LogP contribution in [0.3, 0.4) is 0 Å². The van der Waals surface area contributed by atoms with E-state index in [4.69, 9.17) is 0 Å². The number of carbonyl (C=O) groups is 1. The van der Waals surface area contributed by atoms with Gasteiger partial charge < -0.3 is 5.11 Å². The van der Waals surface area contributed by atoms with E-state index in [0.29, 0.717) is 4.88 Å². The van der Waals surface area contributed by atoms with Gasteiger partial charge in [0.1, 0.15) is 11.5 Å². The molecule has 1 aromatic carbocycles. The van der Waals surface area contributed by atoms with E-state index in [1.807, 2.05) is 5.43 Å². The second-order valence-electron chi connectivity index (χ2n) is 4.30. The van der Waals surface area contributed by atoms with Crippen LogP contribution in [-0.2, 0) is 6.42 Å². The summed E-state index contributed by atoms with van der Waals surface area (Å²) in [6.07, 6.45) is -5.06. The van der Waals surface area contributed by atoms with Crippen molar-refractivity contribution in [3.63, 3.8) is 0 Å². The van der Waals surface area contributed by atoms with Crippen LogP contribution in [0.2, 0.25) is 0 Å². The van der Waals surface area contributed by atoms with Crippen molar-refractivity contribution in [3.8, 4) is 5.75 Å². The van der Waals surface area contributed by atoms with E-state index in [9.17, 15) is 23.1 Å². The second kappa shape index (κ2) is 6.61. The van der Waals surface area contributed by atoms with Crippen molar-refractivity contribution < 1.29 is 23.1 Å². The van der Waals surface area contributed by atoms with Gasteiger partial charge in [0, 0.05) is 16.9 Å². The van der Waals surface area contributed by atoms with E-state index in [2.05, 4.69) is 5.10 Å². The molecule has 116 valence electrons. The van der Waals surface area contributed by atoms with E-state index in [-0.39, 0.29) is 11.3 Å². The Kier molecular flexibility index (Phi) is 4.81. The summed E-state index contributed by atoms with van der Waals surface area (Å²) in [6, 6.07) is 8.44. The van der Waals surface area contributed by atoms with Crippen molar-refractivity contribution in [1.29, 1.82) is 0 Å². The molecule has 0 unspecified atom stereocenters. The third-order valence-electron chi connectivity index (χ3n) is 2.65. The molecule has 0 fully saturated rings. The Hall–Kier alpha value is -2.35. The number of rotatable bonds is 4. The molecule has 0 aliphatic rings. The van der Waals surface area contributed by atoms with Gasteiger partial charge in [0.2, 0.25) is 0 Å².